The van der Waals surface area contributed by atoms with Crippen LogP contribution in [0.25, 0.3) is 0 Å². The Morgan fingerprint density at radius 2 is 0.882 bits per heavy atom. The van der Waals surface area contributed by atoms with E-state index in [1.54, 1.807) is 0 Å². The number of hydrogen-bond acceptors (Lipinski definition) is 2. The first-order valence-electron chi connectivity index (χ1n) is 6.06. The van der Waals surface area contributed by atoms with E-state index in [0.717, 1.165) is 51.4 Å². The van der Waals surface area contributed by atoms with Gasteiger partial charge in [-0.25, -0.2) is 0 Å². The van der Waals surface area contributed by atoms with Crippen LogP contribution in [0.5, 0.6) is 0 Å². The molecule has 98 valence electrons. The van der Waals surface area contributed by atoms with Gasteiger partial charge in [0.2, 0.25) is 0 Å². The van der Waals surface area contributed by atoms with E-state index in [4.69, 9.17) is 10.2 Å². The first-order chi connectivity index (χ1) is 7.63. The minimum atomic E-state index is -0.714. The Morgan fingerprint density at radius 1 is 0.647 bits per heavy atom. The zero-order chi connectivity index (χ0) is 12.2. The molecule has 0 saturated carbocycles. The molecule has 4 nitrogen and oxygen atoms in total. The number of unbranched alkanes of at least 4 members (excludes halogenated alkanes) is 7. The zero-order valence-electron chi connectivity index (χ0n) is 12.5. The molecule has 17 heavy (non-hydrogen) atoms. The zero-order valence-corrected chi connectivity index (χ0v) is 11.9. The molecule has 0 unspecified atom stereocenters. The van der Waals surface area contributed by atoms with Crippen molar-refractivity contribution in [2.24, 2.45) is 0 Å². The second-order valence-electron chi connectivity index (χ2n) is 4.12. The maximum atomic E-state index is 10.2. The summed E-state index contributed by atoms with van der Waals surface area (Å²) in [4.78, 5) is 20.4. The molecule has 5 heteroatoms. The molecule has 0 aromatic rings. The maximum absolute atomic E-state index is 10.2. The molecule has 0 radical (unpaired) electrons. The van der Waals surface area contributed by atoms with Crippen LogP contribution in [0.3, 0.4) is 0 Å². The Morgan fingerprint density at radius 3 is 1.12 bits per heavy atom. The number of aliphatic carboxylic acids is 2. The summed E-state index contributed by atoms with van der Waals surface area (Å²) in [7, 11) is 0. The van der Waals surface area contributed by atoms with Gasteiger partial charge in [-0.1, -0.05) is 38.5 Å². The molecule has 0 bridgehead atoms. The molecule has 0 aliphatic carbocycles. The fraction of sp³-hybridized carbons (Fsp3) is 0.833. The van der Waals surface area contributed by atoms with Gasteiger partial charge < -0.3 is 13.1 Å². The van der Waals surface area contributed by atoms with Crippen molar-refractivity contribution in [3.05, 3.63) is 0 Å². The summed E-state index contributed by atoms with van der Waals surface area (Å²) in [6.07, 6.45) is 8.51. The molecule has 0 heterocycles. The van der Waals surface area contributed by atoms with Gasteiger partial charge in [0, 0.05) is 12.8 Å². The molecule has 0 aliphatic heterocycles. The summed E-state index contributed by atoms with van der Waals surface area (Å²) in [6.45, 7) is 0. The van der Waals surface area contributed by atoms with Crippen LogP contribution >= 0.6 is 0 Å². The molecular weight excluding hydrogens is 232 g/mol. The van der Waals surface area contributed by atoms with Gasteiger partial charge in [-0.05, 0) is 12.8 Å². The van der Waals surface area contributed by atoms with Crippen molar-refractivity contribution in [1.29, 1.82) is 0 Å². The summed E-state index contributed by atoms with van der Waals surface area (Å²) < 4.78 is 0. The fourth-order valence-electron chi connectivity index (χ4n) is 1.61. The maximum Gasteiger partial charge on any atom is 2.00 e. The summed E-state index contributed by atoms with van der Waals surface area (Å²) in [5, 5.41) is 16.8. The summed E-state index contributed by atoms with van der Waals surface area (Å²) in [5.74, 6) is -1.43. The average Bonchev–Trinajstić information content (AvgIpc) is 2.20. The van der Waals surface area contributed by atoms with Crippen molar-refractivity contribution < 1.29 is 22.7 Å². The van der Waals surface area contributed by atoms with Crippen LogP contribution in [0.4, 0.5) is 0 Å². The van der Waals surface area contributed by atoms with Crippen LogP contribution in [0.15, 0.2) is 0 Å². The second kappa shape index (κ2) is 13.8. The minimum Gasteiger partial charge on any atom is -1.00 e. The third-order valence-corrected chi connectivity index (χ3v) is 2.53. The first kappa shape index (κ1) is 19.1. The van der Waals surface area contributed by atoms with Crippen molar-refractivity contribution in [2.45, 2.75) is 64.2 Å². The van der Waals surface area contributed by atoms with Crippen LogP contribution in [-0.2, 0) is 9.59 Å². The van der Waals surface area contributed by atoms with E-state index >= 15 is 0 Å². The molecule has 2 N–H and O–H groups in total. The summed E-state index contributed by atoms with van der Waals surface area (Å²) in [6, 6.07) is 0. The van der Waals surface area contributed by atoms with Crippen LogP contribution in [0.2, 0.25) is 0 Å². The van der Waals surface area contributed by atoms with E-state index in [1.807, 2.05) is 0 Å². The van der Waals surface area contributed by atoms with Crippen LogP contribution < -0.4 is 0 Å². The van der Waals surface area contributed by atoms with Gasteiger partial charge in [-0.3, -0.25) is 9.59 Å². The smallest absolute Gasteiger partial charge is 1.00 e. The van der Waals surface area contributed by atoms with E-state index in [2.05, 4.69) is 0 Å². The summed E-state index contributed by atoms with van der Waals surface area (Å²) in [5.41, 5.74) is 0. The van der Waals surface area contributed by atoms with E-state index in [-0.39, 0.29) is 38.7 Å². The average molecular weight is 257 g/mol. The largest absolute Gasteiger partial charge is 2.00 e. The predicted molar refractivity (Wildman–Crippen MR) is 69.4 cm³/mol. The van der Waals surface area contributed by atoms with E-state index in [0.29, 0.717) is 0 Å². The van der Waals surface area contributed by atoms with Gasteiger partial charge in [0.25, 0.3) is 0 Å². The van der Waals surface area contributed by atoms with Crippen LogP contribution in [-0.4, -0.2) is 45.2 Å². The van der Waals surface area contributed by atoms with E-state index in [1.165, 1.54) is 0 Å². The predicted octanol–water partition coefficient (Wildman–Crippen LogP) is 2.90. The summed E-state index contributed by atoms with van der Waals surface area (Å²) >= 11 is 0. The minimum absolute atomic E-state index is 0. The normalized spacial score (nSPS) is 9.65. The van der Waals surface area contributed by atoms with Crippen molar-refractivity contribution in [1.82, 2.24) is 0 Å². The van der Waals surface area contributed by atoms with Gasteiger partial charge in [-0.2, -0.15) is 0 Å². The molecule has 0 saturated heterocycles. The van der Waals surface area contributed by atoms with Gasteiger partial charge in [0.1, 0.15) is 0 Å². The molecule has 0 aromatic carbocycles. The molecule has 0 aromatic heterocycles. The Kier molecular flexibility index (Phi) is 15.4. The topological polar surface area (TPSA) is 74.6 Å². The molecular formula is C12H24MgO4. The third kappa shape index (κ3) is 18.3. The van der Waals surface area contributed by atoms with Crippen molar-refractivity contribution in [3.63, 3.8) is 0 Å². The Bertz CT molecular complexity index is 194. The van der Waals surface area contributed by atoms with E-state index < -0.39 is 11.9 Å². The van der Waals surface area contributed by atoms with Crippen molar-refractivity contribution in [3.8, 4) is 0 Å². The third-order valence-electron chi connectivity index (χ3n) is 2.53. The van der Waals surface area contributed by atoms with Crippen molar-refractivity contribution >= 4 is 35.0 Å². The van der Waals surface area contributed by atoms with Crippen LogP contribution in [0.1, 0.15) is 67.1 Å². The quantitative estimate of drug-likeness (QED) is 0.440. The Hall–Kier alpha value is -0.294. The SMILES string of the molecule is O=C(O)CCCCCCCCCCC(=O)O.[H-].[H-].[Mg+2]. The number of rotatable bonds is 11. The van der Waals surface area contributed by atoms with Crippen LogP contribution in [0, 0.1) is 0 Å². The standard InChI is InChI=1S/C12H22O4.Mg.2H/c13-11(14)9-7-5-3-1-2-4-6-8-10-12(15)16;;;/h1-10H2,(H,13,14)(H,15,16);;;/q;+2;2*-1. The van der Waals surface area contributed by atoms with Gasteiger partial charge in [0.15, 0.2) is 0 Å². The Balaban J connectivity index is -0.000000375. The second-order valence-corrected chi connectivity index (χ2v) is 4.12. The first-order valence-corrected chi connectivity index (χ1v) is 6.06. The van der Waals surface area contributed by atoms with Crippen molar-refractivity contribution in [2.75, 3.05) is 0 Å². The fourth-order valence-corrected chi connectivity index (χ4v) is 1.61. The van der Waals surface area contributed by atoms with Gasteiger partial charge in [0.05, 0.1) is 0 Å². The van der Waals surface area contributed by atoms with E-state index in [9.17, 15) is 9.59 Å². The molecule has 0 fully saturated rings. The number of hydrogen-bond donors (Lipinski definition) is 2. The number of carbonyl (C=O) groups is 2. The molecule has 0 atom stereocenters. The molecule has 0 spiro atoms. The monoisotopic (exact) mass is 256 g/mol. The molecule has 0 rings (SSSR count). The molecule has 0 amide bonds. The number of carboxylic acids is 2. The molecule has 0 aliphatic rings. The Labute approximate surface area is 122 Å². The van der Waals surface area contributed by atoms with Gasteiger partial charge >= 0.3 is 35.0 Å². The van der Waals surface area contributed by atoms with Gasteiger partial charge in [-0.15, -0.1) is 0 Å². The number of carboxylic acid groups (broad SMARTS) is 2.